The fraction of sp³-hybridized carbons (Fsp3) is 0.385. The molecular weight excluding hydrogens is 530 g/mol. The number of aliphatic hydroxyl groups excluding tert-OH is 1. The van der Waals surface area contributed by atoms with Gasteiger partial charge in [-0.25, -0.2) is 9.59 Å². The second kappa shape index (κ2) is 13.0. The first-order chi connectivity index (χ1) is 18.3. The van der Waals surface area contributed by atoms with Crippen LogP contribution in [0.2, 0.25) is 0 Å². The number of carboxylic acids is 1. The van der Waals surface area contributed by atoms with Crippen LogP contribution < -0.4 is 5.32 Å². The molecule has 2 aromatic carbocycles. The molecule has 0 aliphatic carbocycles. The topological polar surface area (TPSA) is 136 Å². The van der Waals surface area contributed by atoms with Crippen molar-refractivity contribution in [2.24, 2.45) is 0 Å². The largest absolute Gasteiger partial charge is 0.479 e. The molecule has 2 aromatic rings. The molecule has 0 aromatic heterocycles. The Morgan fingerprint density at radius 1 is 0.895 bits per heavy atom. The molecule has 2 aliphatic rings. The Kier molecular flexibility index (Phi) is 9.53. The van der Waals surface area contributed by atoms with Gasteiger partial charge in [0, 0.05) is 11.5 Å². The van der Waals surface area contributed by atoms with Crippen LogP contribution in [0.5, 0.6) is 0 Å². The first kappa shape index (κ1) is 27.8. The molecule has 0 radical (unpaired) electrons. The van der Waals surface area contributed by atoms with Crippen molar-refractivity contribution >= 4 is 47.4 Å². The molecule has 2 saturated heterocycles. The van der Waals surface area contributed by atoms with E-state index in [1.165, 1.54) is 33.3 Å². The van der Waals surface area contributed by atoms with Crippen molar-refractivity contribution in [2.45, 2.75) is 37.3 Å². The van der Waals surface area contributed by atoms with Crippen LogP contribution in [0.1, 0.15) is 11.1 Å². The monoisotopic (exact) mass is 559 g/mol. The van der Waals surface area contributed by atoms with E-state index in [2.05, 4.69) is 5.32 Å². The van der Waals surface area contributed by atoms with Crippen molar-refractivity contribution in [1.29, 1.82) is 0 Å². The zero-order chi connectivity index (χ0) is 27.1. The van der Waals surface area contributed by atoms with Crippen LogP contribution in [0, 0.1) is 0 Å². The highest BCUT2D eigenvalue weighted by atomic mass is 32.2. The molecule has 3 N–H and O–H groups in total. The van der Waals surface area contributed by atoms with Crippen LogP contribution in [0.15, 0.2) is 60.7 Å². The van der Waals surface area contributed by atoms with Crippen molar-refractivity contribution in [1.82, 2.24) is 15.1 Å². The highest BCUT2D eigenvalue weighted by Gasteiger charge is 2.44. The third-order valence-electron chi connectivity index (χ3n) is 6.34. The van der Waals surface area contributed by atoms with E-state index in [9.17, 15) is 29.4 Å². The minimum absolute atomic E-state index is 0.0844. The number of aliphatic hydroxyl groups is 1. The average Bonchev–Trinajstić information content (AvgIpc) is 3.62. The van der Waals surface area contributed by atoms with E-state index in [1.54, 1.807) is 24.3 Å². The fourth-order valence-corrected chi connectivity index (χ4v) is 6.56. The van der Waals surface area contributed by atoms with E-state index < -0.39 is 42.2 Å². The van der Waals surface area contributed by atoms with Crippen molar-refractivity contribution < 1.29 is 34.1 Å². The molecule has 4 rings (SSSR count). The van der Waals surface area contributed by atoms with Crippen molar-refractivity contribution in [3.05, 3.63) is 71.8 Å². The van der Waals surface area contributed by atoms with Crippen LogP contribution in [0.3, 0.4) is 0 Å². The maximum Gasteiger partial charge on any atom is 0.411 e. The van der Waals surface area contributed by atoms with Gasteiger partial charge < -0.3 is 25.2 Å². The molecule has 202 valence electrons. The van der Waals surface area contributed by atoms with E-state index in [4.69, 9.17) is 4.74 Å². The third kappa shape index (κ3) is 6.80. The number of amides is 3. The lowest BCUT2D eigenvalue weighted by molar-refractivity contribution is -0.149. The van der Waals surface area contributed by atoms with E-state index in [0.717, 1.165) is 11.1 Å². The second-order valence-corrected chi connectivity index (χ2v) is 10.9. The molecule has 2 aliphatic heterocycles. The Labute approximate surface area is 228 Å². The van der Waals surface area contributed by atoms with Crippen LogP contribution in [0.25, 0.3) is 0 Å². The number of benzene rings is 2. The summed E-state index contributed by atoms with van der Waals surface area (Å²) in [5.41, 5.74) is 1.58. The Hall–Kier alpha value is -3.22. The molecular formula is C26H29N3O7S2. The van der Waals surface area contributed by atoms with Gasteiger partial charge in [-0.1, -0.05) is 60.7 Å². The summed E-state index contributed by atoms with van der Waals surface area (Å²) in [6.45, 7) is 0.0844. The van der Waals surface area contributed by atoms with Gasteiger partial charge in [-0.15, -0.1) is 23.5 Å². The number of ether oxygens (including phenoxy) is 1. The van der Waals surface area contributed by atoms with Crippen molar-refractivity contribution in [2.75, 3.05) is 23.3 Å². The number of aliphatic carboxylic acids is 1. The number of carbonyl (C=O) groups is 4. The van der Waals surface area contributed by atoms with Gasteiger partial charge in [0.25, 0.3) is 0 Å². The Morgan fingerprint density at radius 2 is 1.47 bits per heavy atom. The maximum atomic E-state index is 13.5. The van der Waals surface area contributed by atoms with Gasteiger partial charge in [0.2, 0.25) is 11.8 Å². The van der Waals surface area contributed by atoms with E-state index in [-0.39, 0.29) is 24.8 Å². The molecule has 0 spiro atoms. The zero-order valence-electron chi connectivity index (χ0n) is 20.5. The molecule has 10 nitrogen and oxygen atoms in total. The smallest absolute Gasteiger partial charge is 0.411 e. The number of hydrogen-bond acceptors (Lipinski definition) is 8. The number of carboxylic acid groups (broad SMARTS) is 1. The minimum atomic E-state index is -1.82. The van der Waals surface area contributed by atoms with E-state index in [1.807, 2.05) is 36.4 Å². The summed E-state index contributed by atoms with van der Waals surface area (Å²) >= 11 is 2.82. The van der Waals surface area contributed by atoms with Crippen molar-refractivity contribution in [3.8, 4) is 0 Å². The van der Waals surface area contributed by atoms with Crippen LogP contribution in [0.4, 0.5) is 4.79 Å². The molecule has 2 fully saturated rings. The van der Waals surface area contributed by atoms with Gasteiger partial charge in [-0.2, -0.15) is 0 Å². The standard InChI is InChI=1S/C26H29N3O7S2/c30-22(25(33)34)19(11-17-7-3-1-4-8-17)27-23(31)20-13-37-15-28(20)24(32)21-14-38-16-29(21)26(35)36-12-18-9-5-2-6-10-18/h1-10,19-22,30H,11-16H2,(H,27,31)(H,33,34)/t19-,20-,21-,22?/m0/s1. The van der Waals surface area contributed by atoms with Gasteiger partial charge in [-0.05, 0) is 17.5 Å². The Morgan fingerprint density at radius 3 is 2.11 bits per heavy atom. The number of thioether (sulfide) groups is 2. The van der Waals surface area contributed by atoms with Crippen LogP contribution in [-0.2, 0) is 32.1 Å². The number of nitrogens with zero attached hydrogens (tertiary/aromatic N) is 2. The number of rotatable bonds is 9. The number of nitrogens with one attached hydrogen (secondary N) is 1. The summed E-state index contributed by atoms with van der Waals surface area (Å²) in [6, 6.07) is 15.4. The molecule has 4 atom stereocenters. The molecule has 12 heteroatoms. The molecule has 3 amide bonds. The lowest BCUT2D eigenvalue weighted by Crippen LogP contribution is -2.57. The zero-order valence-corrected chi connectivity index (χ0v) is 22.1. The lowest BCUT2D eigenvalue weighted by atomic mass is 10.0. The highest BCUT2D eigenvalue weighted by molar-refractivity contribution is 7.99. The first-order valence-electron chi connectivity index (χ1n) is 12.0. The van der Waals surface area contributed by atoms with Gasteiger partial charge in [-0.3, -0.25) is 14.5 Å². The summed E-state index contributed by atoms with van der Waals surface area (Å²) in [5.74, 6) is -1.11. The Bertz CT molecular complexity index is 1140. The number of hydrogen-bond donors (Lipinski definition) is 3. The summed E-state index contributed by atoms with van der Waals surface area (Å²) in [5, 5.41) is 22.3. The summed E-state index contributed by atoms with van der Waals surface area (Å²) in [4.78, 5) is 53.8. The first-order valence-corrected chi connectivity index (χ1v) is 14.3. The average molecular weight is 560 g/mol. The summed E-state index contributed by atoms with van der Waals surface area (Å²) < 4.78 is 5.42. The van der Waals surface area contributed by atoms with Crippen molar-refractivity contribution in [3.63, 3.8) is 0 Å². The van der Waals surface area contributed by atoms with Crippen LogP contribution >= 0.6 is 23.5 Å². The lowest BCUT2D eigenvalue weighted by Gasteiger charge is -2.30. The Balaban J connectivity index is 1.40. The second-order valence-electron chi connectivity index (χ2n) is 8.94. The maximum absolute atomic E-state index is 13.5. The molecule has 38 heavy (non-hydrogen) atoms. The third-order valence-corrected chi connectivity index (χ3v) is 8.36. The predicted molar refractivity (Wildman–Crippen MR) is 143 cm³/mol. The summed E-state index contributed by atoms with van der Waals surface area (Å²) in [7, 11) is 0. The SMILES string of the molecule is O=C(O)C(O)[C@H](Cc1ccccc1)NC(=O)[C@@H]1CSCN1C(=O)[C@@H]1CSCN1C(=O)OCc1ccccc1. The van der Waals surface area contributed by atoms with E-state index in [0.29, 0.717) is 17.4 Å². The summed E-state index contributed by atoms with van der Waals surface area (Å²) in [6.07, 6.45) is -2.32. The van der Waals surface area contributed by atoms with Gasteiger partial charge in [0.15, 0.2) is 6.10 Å². The normalized spacial score (nSPS) is 20.6. The minimum Gasteiger partial charge on any atom is -0.479 e. The fourth-order valence-electron chi connectivity index (χ4n) is 4.26. The van der Waals surface area contributed by atoms with Gasteiger partial charge in [0.1, 0.15) is 18.7 Å². The van der Waals surface area contributed by atoms with E-state index >= 15 is 0 Å². The highest BCUT2D eigenvalue weighted by Crippen LogP contribution is 2.28. The predicted octanol–water partition coefficient (Wildman–Crippen LogP) is 1.77. The number of carbonyl (C=O) groups excluding carboxylic acids is 3. The van der Waals surface area contributed by atoms with Gasteiger partial charge >= 0.3 is 12.1 Å². The van der Waals surface area contributed by atoms with Crippen LogP contribution in [-0.4, -0.2) is 91.4 Å². The van der Waals surface area contributed by atoms with Gasteiger partial charge in [0.05, 0.1) is 17.8 Å². The molecule has 0 saturated carbocycles. The quantitative estimate of drug-likeness (QED) is 0.420. The molecule has 1 unspecified atom stereocenters. The molecule has 2 heterocycles. The molecule has 0 bridgehead atoms.